The molecule has 0 saturated carbocycles. The van der Waals surface area contributed by atoms with Gasteiger partial charge in [0.15, 0.2) is 0 Å². The summed E-state index contributed by atoms with van der Waals surface area (Å²) in [4.78, 5) is 14.1. The fraction of sp³-hybridized carbons (Fsp3) is 0.176. The lowest BCUT2D eigenvalue weighted by Crippen LogP contribution is -2.31. The van der Waals surface area contributed by atoms with Crippen molar-refractivity contribution >= 4 is 28.9 Å². The number of tetrazole rings is 1. The van der Waals surface area contributed by atoms with Crippen molar-refractivity contribution in [3.8, 4) is 5.75 Å². The fourth-order valence-electron chi connectivity index (χ4n) is 2.95. The van der Waals surface area contributed by atoms with Crippen molar-refractivity contribution in [3.05, 3.63) is 57.9 Å². The minimum absolute atomic E-state index is 0.237. The number of rotatable bonds is 4. The smallest absolute Gasteiger partial charge is 0.256 e. The Balaban J connectivity index is 1.74. The van der Waals surface area contributed by atoms with Gasteiger partial charge in [0, 0.05) is 10.6 Å². The van der Waals surface area contributed by atoms with E-state index in [4.69, 9.17) is 4.74 Å². The van der Waals surface area contributed by atoms with Crippen LogP contribution in [0.2, 0.25) is 0 Å². The molecule has 1 aliphatic rings. The maximum Gasteiger partial charge on any atom is 0.256 e. The molecule has 0 radical (unpaired) electrons. The zero-order valence-corrected chi connectivity index (χ0v) is 14.9. The molecule has 0 spiro atoms. The van der Waals surface area contributed by atoms with Crippen LogP contribution < -0.4 is 15.4 Å². The fourth-order valence-corrected chi connectivity index (χ4v) is 3.77. The Hall–Kier alpha value is -3.20. The van der Waals surface area contributed by atoms with Crippen LogP contribution in [-0.2, 0) is 4.79 Å². The number of nitrogens with one attached hydrogen (secondary N) is 2. The molecule has 3 aromatic rings. The zero-order chi connectivity index (χ0) is 18.1. The summed E-state index contributed by atoms with van der Waals surface area (Å²) in [5, 5.41) is 19.8. The Morgan fingerprint density at radius 2 is 2.15 bits per heavy atom. The first-order chi connectivity index (χ1) is 12.7. The normalized spacial score (nSPS) is 16.0. The monoisotopic (exact) mass is 368 g/mol. The number of fused-ring (bicyclic) bond motifs is 1. The van der Waals surface area contributed by atoms with E-state index in [1.165, 1.54) is 0 Å². The van der Waals surface area contributed by atoms with E-state index in [1.54, 1.807) is 35.3 Å². The van der Waals surface area contributed by atoms with E-state index in [-0.39, 0.29) is 5.91 Å². The summed E-state index contributed by atoms with van der Waals surface area (Å²) < 4.78 is 6.94. The van der Waals surface area contributed by atoms with E-state index >= 15 is 0 Å². The summed E-state index contributed by atoms with van der Waals surface area (Å²) in [6.45, 7) is 1.84. The molecular formula is C17H16N6O2S. The number of thiophene rings is 1. The number of allylic oxidation sites excluding steroid dienone is 1. The number of nitrogens with zero attached hydrogens (tertiary/aromatic N) is 4. The third kappa shape index (κ3) is 2.72. The minimum atomic E-state index is -0.393. The molecule has 4 rings (SSSR count). The van der Waals surface area contributed by atoms with E-state index in [0.717, 1.165) is 4.88 Å². The first-order valence-electron chi connectivity index (χ1n) is 7.92. The molecule has 0 fully saturated rings. The molecule has 1 atom stereocenters. The highest BCUT2D eigenvalue weighted by molar-refractivity contribution is 7.10. The highest BCUT2D eigenvalue weighted by Gasteiger charge is 2.34. The molecule has 8 nitrogen and oxygen atoms in total. The predicted molar refractivity (Wildman–Crippen MR) is 98.2 cm³/mol. The van der Waals surface area contributed by atoms with Crippen molar-refractivity contribution in [2.45, 2.75) is 13.0 Å². The minimum Gasteiger partial charge on any atom is -0.495 e. The van der Waals surface area contributed by atoms with Crippen molar-refractivity contribution in [2.24, 2.45) is 0 Å². The number of para-hydroxylation sites is 2. The molecule has 0 aliphatic carbocycles. The molecule has 1 aliphatic heterocycles. The summed E-state index contributed by atoms with van der Waals surface area (Å²) in [5.41, 5.74) is 1.86. The van der Waals surface area contributed by atoms with Gasteiger partial charge in [0.25, 0.3) is 5.91 Å². The summed E-state index contributed by atoms with van der Waals surface area (Å²) >= 11 is 1.55. The van der Waals surface area contributed by atoms with Crippen LogP contribution in [0.1, 0.15) is 17.8 Å². The maximum absolute atomic E-state index is 13.1. The lowest BCUT2D eigenvalue weighted by atomic mass is 10.0. The number of benzene rings is 1. The van der Waals surface area contributed by atoms with Gasteiger partial charge >= 0.3 is 0 Å². The third-order valence-corrected chi connectivity index (χ3v) is 5.05. The number of methoxy groups -OCH3 is 1. The van der Waals surface area contributed by atoms with Gasteiger partial charge in [-0.05, 0) is 40.9 Å². The molecule has 3 heterocycles. The number of hydrogen-bond donors (Lipinski definition) is 2. The second-order valence-corrected chi connectivity index (χ2v) is 6.66. The highest BCUT2D eigenvalue weighted by Crippen LogP contribution is 2.37. The van der Waals surface area contributed by atoms with Crippen LogP contribution >= 0.6 is 11.3 Å². The Labute approximate surface area is 153 Å². The summed E-state index contributed by atoms with van der Waals surface area (Å²) in [6, 6.07) is 10.8. The van der Waals surface area contributed by atoms with Gasteiger partial charge in [-0.25, -0.2) is 0 Å². The number of amides is 1. The van der Waals surface area contributed by atoms with Gasteiger partial charge in [0.1, 0.15) is 11.8 Å². The Bertz CT molecular complexity index is 979. The molecule has 0 saturated heterocycles. The Morgan fingerprint density at radius 3 is 2.92 bits per heavy atom. The van der Waals surface area contributed by atoms with Gasteiger partial charge in [-0.15, -0.1) is 11.3 Å². The molecule has 1 aromatic carbocycles. The first kappa shape index (κ1) is 16.3. The number of ether oxygens (including phenoxy) is 1. The van der Waals surface area contributed by atoms with Gasteiger partial charge in [-0.2, -0.15) is 4.68 Å². The van der Waals surface area contributed by atoms with Crippen LogP contribution in [0.3, 0.4) is 0 Å². The van der Waals surface area contributed by atoms with E-state index < -0.39 is 6.04 Å². The van der Waals surface area contributed by atoms with Crippen molar-refractivity contribution in [1.82, 2.24) is 20.2 Å². The largest absolute Gasteiger partial charge is 0.495 e. The van der Waals surface area contributed by atoms with Crippen LogP contribution in [-0.4, -0.2) is 33.2 Å². The number of aromatic nitrogens is 4. The molecule has 1 amide bonds. The SMILES string of the molecule is COc1ccccc1NC(=O)C1=C(C)Nc2nnnn2C1c1cccs1. The quantitative estimate of drug-likeness (QED) is 0.735. The molecule has 132 valence electrons. The highest BCUT2D eigenvalue weighted by atomic mass is 32.1. The van der Waals surface area contributed by atoms with Gasteiger partial charge in [0.2, 0.25) is 5.95 Å². The van der Waals surface area contributed by atoms with Gasteiger partial charge in [-0.1, -0.05) is 23.3 Å². The standard InChI is InChI=1S/C17H16N6O2S/c1-10-14(16(24)19-11-6-3-4-7-12(11)25-2)15(13-8-5-9-26-13)23-17(18-10)20-21-22-23/h3-9,15H,1-2H3,(H,19,24)(H,18,20,22). The van der Waals surface area contributed by atoms with Crippen LogP contribution in [0.15, 0.2) is 53.0 Å². The Kier molecular flexibility index (Phi) is 4.13. The molecule has 26 heavy (non-hydrogen) atoms. The lowest BCUT2D eigenvalue weighted by molar-refractivity contribution is -0.113. The van der Waals surface area contributed by atoms with E-state index in [0.29, 0.717) is 28.7 Å². The molecule has 1 unspecified atom stereocenters. The number of carbonyl (C=O) groups is 1. The van der Waals surface area contributed by atoms with Crippen LogP contribution in [0.5, 0.6) is 5.75 Å². The van der Waals surface area contributed by atoms with Crippen LogP contribution in [0.25, 0.3) is 0 Å². The zero-order valence-electron chi connectivity index (χ0n) is 14.1. The average molecular weight is 368 g/mol. The first-order valence-corrected chi connectivity index (χ1v) is 8.80. The summed E-state index contributed by atoms with van der Waals surface area (Å²) in [7, 11) is 1.57. The number of carbonyl (C=O) groups excluding carboxylic acids is 1. The van der Waals surface area contributed by atoms with Crippen LogP contribution in [0, 0.1) is 0 Å². The number of anilines is 2. The van der Waals surface area contributed by atoms with Gasteiger partial charge in [0.05, 0.1) is 18.4 Å². The molecule has 0 bridgehead atoms. The topological polar surface area (TPSA) is 94.0 Å². The van der Waals surface area contributed by atoms with Crippen molar-refractivity contribution in [1.29, 1.82) is 0 Å². The van der Waals surface area contributed by atoms with E-state index in [2.05, 4.69) is 26.2 Å². The van der Waals surface area contributed by atoms with Crippen LogP contribution in [0.4, 0.5) is 11.6 Å². The third-order valence-electron chi connectivity index (χ3n) is 4.13. The lowest BCUT2D eigenvalue weighted by Gasteiger charge is -2.27. The molecule has 2 aromatic heterocycles. The maximum atomic E-state index is 13.1. The molecular weight excluding hydrogens is 352 g/mol. The summed E-state index contributed by atoms with van der Waals surface area (Å²) in [5.74, 6) is 0.868. The van der Waals surface area contributed by atoms with E-state index in [1.807, 2.05) is 36.6 Å². The van der Waals surface area contributed by atoms with E-state index in [9.17, 15) is 4.79 Å². The second-order valence-electron chi connectivity index (χ2n) is 5.68. The van der Waals surface area contributed by atoms with Crippen molar-refractivity contribution in [2.75, 3.05) is 17.7 Å². The average Bonchev–Trinajstić information content (AvgIpc) is 3.32. The second kappa shape index (κ2) is 6.60. The summed E-state index contributed by atoms with van der Waals surface area (Å²) in [6.07, 6.45) is 0. The molecule has 9 heteroatoms. The van der Waals surface area contributed by atoms with Crippen molar-refractivity contribution in [3.63, 3.8) is 0 Å². The van der Waals surface area contributed by atoms with Gasteiger partial charge < -0.3 is 15.4 Å². The molecule has 2 N–H and O–H groups in total. The Morgan fingerprint density at radius 1 is 1.31 bits per heavy atom. The number of hydrogen-bond acceptors (Lipinski definition) is 7. The van der Waals surface area contributed by atoms with Gasteiger partial charge in [-0.3, -0.25) is 4.79 Å². The predicted octanol–water partition coefficient (Wildman–Crippen LogP) is 2.67. The van der Waals surface area contributed by atoms with Crippen molar-refractivity contribution < 1.29 is 9.53 Å².